The van der Waals surface area contributed by atoms with E-state index in [4.69, 9.17) is 17.3 Å². The van der Waals surface area contributed by atoms with Crippen molar-refractivity contribution in [2.75, 3.05) is 19.6 Å². The normalized spacial score (nSPS) is 20.6. The van der Waals surface area contributed by atoms with Crippen molar-refractivity contribution >= 4 is 17.5 Å². The second-order valence-electron chi connectivity index (χ2n) is 6.53. The highest BCUT2D eigenvalue weighted by Crippen LogP contribution is 2.29. The van der Waals surface area contributed by atoms with Crippen molar-refractivity contribution in [1.82, 2.24) is 19.9 Å². The summed E-state index contributed by atoms with van der Waals surface area (Å²) in [4.78, 5) is 14.5. The number of likely N-dealkylation sites (tertiary alicyclic amines) is 1. The van der Waals surface area contributed by atoms with E-state index in [1.54, 1.807) is 17.9 Å². The topological polar surface area (TPSA) is 77.0 Å². The molecule has 1 aromatic heterocycles. The number of benzene rings is 1. The van der Waals surface area contributed by atoms with Crippen molar-refractivity contribution in [2.24, 2.45) is 11.1 Å². The van der Waals surface area contributed by atoms with Crippen molar-refractivity contribution in [2.45, 2.75) is 20.3 Å². The van der Waals surface area contributed by atoms with Crippen LogP contribution in [0.5, 0.6) is 0 Å². The Labute approximate surface area is 144 Å². The first-order chi connectivity index (χ1) is 11.3. The van der Waals surface area contributed by atoms with Gasteiger partial charge in [-0.3, -0.25) is 4.79 Å². The Hall–Kier alpha value is -1.99. The number of nitrogens with two attached hydrogens (primary N) is 1. The third-order valence-corrected chi connectivity index (χ3v) is 4.87. The lowest BCUT2D eigenvalue weighted by atomic mass is 9.90. The number of nitrogens with zero attached hydrogens (tertiary/aromatic N) is 4. The molecule has 0 aliphatic carbocycles. The molecule has 1 fully saturated rings. The molecule has 1 aliphatic heterocycles. The first-order valence-corrected chi connectivity index (χ1v) is 8.09. The molecule has 1 saturated heterocycles. The highest BCUT2D eigenvalue weighted by atomic mass is 35.5. The summed E-state index contributed by atoms with van der Waals surface area (Å²) in [6.07, 6.45) is 0.871. The van der Waals surface area contributed by atoms with Gasteiger partial charge in [0.05, 0.1) is 16.4 Å². The molecule has 1 aromatic carbocycles. The average Bonchev–Trinajstić information content (AvgIpc) is 3.14. The molecule has 0 bridgehead atoms. The maximum absolute atomic E-state index is 13.3. The molecule has 0 radical (unpaired) electrons. The van der Waals surface area contributed by atoms with Crippen LogP contribution in [0.1, 0.15) is 29.5 Å². The van der Waals surface area contributed by atoms with Gasteiger partial charge in [-0.2, -0.15) is 0 Å². The fourth-order valence-electron chi connectivity index (χ4n) is 2.90. The smallest absolute Gasteiger partial charge is 0.276 e. The molecule has 6 nitrogen and oxygen atoms in total. The summed E-state index contributed by atoms with van der Waals surface area (Å²) in [5.74, 6) is -0.670. The van der Waals surface area contributed by atoms with Crippen LogP contribution >= 0.6 is 11.6 Å². The Morgan fingerprint density at radius 1 is 1.50 bits per heavy atom. The molecule has 8 heteroatoms. The van der Waals surface area contributed by atoms with E-state index < -0.39 is 5.82 Å². The lowest BCUT2D eigenvalue weighted by molar-refractivity contribution is 0.0770. The van der Waals surface area contributed by atoms with Crippen LogP contribution in [-0.4, -0.2) is 45.4 Å². The van der Waals surface area contributed by atoms with E-state index in [0.29, 0.717) is 31.0 Å². The van der Waals surface area contributed by atoms with Gasteiger partial charge in [0.15, 0.2) is 5.69 Å². The summed E-state index contributed by atoms with van der Waals surface area (Å²) in [6, 6.07) is 4.25. The maximum Gasteiger partial charge on any atom is 0.276 e. The van der Waals surface area contributed by atoms with Gasteiger partial charge < -0.3 is 10.6 Å². The molecular formula is C16H19ClFN5O. The van der Waals surface area contributed by atoms with Gasteiger partial charge in [0.25, 0.3) is 5.91 Å². The molecule has 1 amide bonds. The molecular weight excluding hydrogens is 333 g/mol. The minimum Gasteiger partial charge on any atom is -0.337 e. The highest BCUT2D eigenvalue weighted by Gasteiger charge is 2.36. The van der Waals surface area contributed by atoms with Gasteiger partial charge in [0, 0.05) is 13.1 Å². The Morgan fingerprint density at radius 3 is 2.88 bits per heavy atom. The number of halogens is 2. The number of hydrogen-bond donors (Lipinski definition) is 1. The van der Waals surface area contributed by atoms with Crippen molar-refractivity contribution in [3.05, 3.63) is 40.4 Å². The summed E-state index contributed by atoms with van der Waals surface area (Å²) in [5, 5.41) is 8.03. The Kier molecular flexibility index (Phi) is 4.31. The number of amides is 1. The predicted molar refractivity (Wildman–Crippen MR) is 88.7 cm³/mol. The summed E-state index contributed by atoms with van der Waals surface area (Å²) in [6.45, 7) is 5.63. The molecule has 2 heterocycles. The predicted octanol–water partition coefficient (Wildman–Crippen LogP) is 2.18. The van der Waals surface area contributed by atoms with Gasteiger partial charge in [0.2, 0.25) is 0 Å². The molecule has 0 saturated carbocycles. The zero-order valence-electron chi connectivity index (χ0n) is 13.6. The lowest BCUT2D eigenvalue weighted by Crippen LogP contribution is -2.35. The highest BCUT2D eigenvalue weighted by molar-refractivity contribution is 6.30. The van der Waals surface area contributed by atoms with Gasteiger partial charge in [-0.25, -0.2) is 9.07 Å². The first kappa shape index (κ1) is 16.9. The van der Waals surface area contributed by atoms with Crippen molar-refractivity contribution in [3.63, 3.8) is 0 Å². The molecule has 1 unspecified atom stereocenters. The molecule has 2 N–H and O–H groups in total. The molecule has 1 aliphatic rings. The maximum atomic E-state index is 13.3. The minimum atomic E-state index is -0.507. The minimum absolute atomic E-state index is 0.00599. The quantitative estimate of drug-likeness (QED) is 0.919. The SMILES string of the molecule is Cc1c(C(=O)N2CCC(C)(CN)C2)nnn1-c1ccc(F)c(Cl)c1. The van der Waals surface area contributed by atoms with Gasteiger partial charge in [0.1, 0.15) is 5.82 Å². The first-order valence-electron chi connectivity index (χ1n) is 7.72. The van der Waals surface area contributed by atoms with Crippen LogP contribution in [0.3, 0.4) is 0 Å². The second kappa shape index (κ2) is 6.14. The van der Waals surface area contributed by atoms with E-state index in [2.05, 4.69) is 17.2 Å². The third kappa shape index (κ3) is 2.89. The number of carbonyl (C=O) groups excluding carboxylic acids is 1. The van der Waals surface area contributed by atoms with E-state index in [-0.39, 0.29) is 22.0 Å². The van der Waals surface area contributed by atoms with Crippen LogP contribution in [0.2, 0.25) is 5.02 Å². The molecule has 3 rings (SSSR count). The fourth-order valence-corrected chi connectivity index (χ4v) is 3.08. The average molecular weight is 352 g/mol. The molecule has 24 heavy (non-hydrogen) atoms. The standard InChI is InChI=1S/C16H19ClFN5O/c1-10-14(15(24)22-6-5-16(2,8-19)9-22)20-21-23(10)11-3-4-13(18)12(17)7-11/h3-4,7H,5-6,8-9,19H2,1-2H3. The third-order valence-electron chi connectivity index (χ3n) is 4.58. The van der Waals surface area contributed by atoms with Crippen LogP contribution in [-0.2, 0) is 0 Å². The van der Waals surface area contributed by atoms with Gasteiger partial charge in [-0.15, -0.1) is 5.10 Å². The van der Waals surface area contributed by atoms with Crippen molar-refractivity contribution in [1.29, 1.82) is 0 Å². The molecule has 0 spiro atoms. The Bertz CT molecular complexity index is 793. The van der Waals surface area contributed by atoms with Crippen LogP contribution < -0.4 is 5.73 Å². The number of hydrogen-bond acceptors (Lipinski definition) is 4. The Morgan fingerprint density at radius 2 is 2.25 bits per heavy atom. The molecule has 1 atom stereocenters. The van der Waals surface area contributed by atoms with E-state index >= 15 is 0 Å². The largest absolute Gasteiger partial charge is 0.337 e. The van der Waals surface area contributed by atoms with Crippen molar-refractivity contribution < 1.29 is 9.18 Å². The fraction of sp³-hybridized carbons (Fsp3) is 0.438. The van der Waals surface area contributed by atoms with Crippen molar-refractivity contribution in [3.8, 4) is 5.69 Å². The lowest BCUT2D eigenvalue weighted by Gasteiger charge is -2.22. The molecule has 2 aromatic rings. The van der Waals surface area contributed by atoms with E-state index in [1.807, 2.05) is 0 Å². The summed E-state index contributed by atoms with van der Waals surface area (Å²) in [7, 11) is 0. The van der Waals surface area contributed by atoms with Gasteiger partial charge in [-0.1, -0.05) is 23.7 Å². The van der Waals surface area contributed by atoms with Gasteiger partial charge >= 0.3 is 0 Å². The zero-order chi connectivity index (χ0) is 17.5. The van der Waals surface area contributed by atoms with Crippen LogP contribution in [0.15, 0.2) is 18.2 Å². The number of aromatic nitrogens is 3. The second-order valence-corrected chi connectivity index (χ2v) is 6.93. The van der Waals surface area contributed by atoms with E-state index in [0.717, 1.165) is 6.42 Å². The van der Waals surface area contributed by atoms with Gasteiger partial charge in [-0.05, 0) is 43.5 Å². The monoisotopic (exact) mass is 351 g/mol. The van der Waals surface area contributed by atoms with Crippen LogP contribution in [0, 0.1) is 18.2 Å². The number of carbonyl (C=O) groups is 1. The zero-order valence-corrected chi connectivity index (χ0v) is 14.3. The Balaban J connectivity index is 1.87. The van der Waals surface area contributed by atoms with Crippen LogP contribution in [0.4, 0.5) is 4.39 Å². The molecule has 128 valence electrons. The summed E-state index contributed by atoms with van der Waals surface area (Å²) < 4.78 is 14.8. The van der Waals surface area contributed by atoms with E-state index in [9.17, 15) is 9.18 Å². The summed E-state index contributed by atoms with van der Waals surface area (Å²) in [5.41, 5.74) is 7.17. The van der Waals surface area contributed by atoms with E-state index in [1.165, 1.54) is 16.8 Å². The summed E-state index contributed by atoms with van der Waals surface area (Å²) >= 11 is 5.81. The number of rotatable bonds is 3. The van der Waals surface area contributed by atoms with Crippen LogP contribution in [0.25, 0.3) is 5.69 Å².